The maximum absolute atomic E-state index is 12.5. The Balaban J connectivity index is 1.30. The number of anilines is 1. The van der Waals surface area contributed by atoms with Gasteiger partial charge in [0, 0.05) is 49.6 Å². The Kier molecular flexibility index (Phi) is 5.99. The molecule has 3 amide bonds. The van der Waals surface area contributed by atoms with Crippen molar-refractivity contribution >= 4 is 35.4 Å². The maximum atomic E-state index is 12.5. The number of carbonyl (C=O) groups excluding carboxylic acids is 3. The minimum absolute atomic E-state index is 0.137. The zero-order valence-corrected chi connectivity index (χ0v) is 18.4. The second-order valence-corrected chi connectivity index (χ2v) is 9.85. The molecule has 4 heterocycles. The molecule has 0 unspecified atom stereocenters. The Morgan fingerprint density at radius 1 is 1.16 bits per heavy atom. The molecule has 2 aromatic rings. The molecule has 0 saturated carbocycles. The minimum atomic E-state index is -0.450. The van der Waals surface area contributed by atoms with Crippen LogP contribution in [0.2, 0.25) is 0 Å². The number of piperidine rings is 2. The van der Waals surface area contributed by atoms with E-state index in [4.69, 9.17) is 4.74 Å². The third-order valence-corrected chi connectivity index (χ3v) is 6.63. The molecule has 0 radical (unpaired) electrons. The van der Waals surface area contributed by atoms with Crippen LogP contribution in [0.3, 0.4) is 0 Å². The smallest absolute Gasteiger partial charge is 0.391 e. The maximum Gasteiger partial charge on any atom is 0.416 e. The molecule has 0 spiro atoms. The summed E-state index contributed by atoms with van der Waals surface area (Å²) in [6.45, 7) is 5.00. The molecule has 9 nitrogen and oxygen atoms in total. The van der Waals surface area contributed by atoms with Crippen molar-refractivity contribution in [3.05, 3.63) is 30.7 Å². The van der Waals surface area contributed by atoms with E-state index >= 15 is 0 Å². The second-order valence-electron chi connectivity index (χ2n) is 8.56. The predicted molar refractivity (Wildman–Crippen MR) is 115 cm³/mol. The van der Waals surface area contributed by atoms with E-state index in [1.165, 1.54) is 12.3 Å². The van der Waals surface area contributed by atoms with Gasteiger partial charge in [0.1, 0.15) is 0 Å². The first-order valence-electron chi connectivity index (χ1n) is 10.3. The van der Waals surface area contributed by atoms with Gasteiger partial charge in [-0.2, -0.15) is 0 Å². The lowest BCUT2D eigenvalue weighted by Gasteiger charge is -2.34. The summed E-state index contributed by atoms with van der Waals surface area (Å²) in [5.74, 6) is -0.357. The molecule has 2 aromatic heterocycles. The molecule has 0 aliphatic carbocycles. The number of aromatic nitrogens is 3. The normalized spacial score (nSPS) is 19.5. The van der Waals surface area contributed by atoms with Gasteiger partial charge < -0.3 is 14.6 Å². The summed E-state index contributed by atoms with van der Waals surface area (Å²) in [5, 5.41) is 1.29. The number of imide groups is 1. The number of nitrogens with one attached hydrogen (secondary N) is 1. The highest BCUT2D eigenvalue weighted by molar-refractivity contribution is 7.99. The van der Waals surface area contributed by atoms with Crippen molar-refractivity contribution in [2.75, 3.05) is 18.0 Å². The van der Waals surface area contributed by atoms with Crippen LogP contribution in [-0.2, 0) is 9.59 Å². The van der Waals surface area contributed by atoms with Crippen molar-refractivity contribution in [3.63, 3.8) is 0 Å². The molecule has 2 aliphatic rings. The SMILES string of the molecule is CC1(C)CC(=O)N(c2ccc(OC(=O)N3CCC(Sc4ncc[nH]4)CC3)nc2)C(=O)C1. The zero-order chi connectivity index (χ0) is 22.0. The predicted octanol–water partition coefficient (Wildman–Crippen LogP) is 3.24. The van der Waals surface area contributed by atoms with Gasteiger partial charge in [0.2, 0.25) is 17.7 Å². The number of hydrogen-bond donors (Lipinski definition) is 1. The fourth-order valence-corrected chi connectivity index (χ4v) is 4.83. The van der Waals surface area contributed by atoms with Gasteiger partial charge in [0.25, 0.3) is 0 Å². The zero-order valence-electron chi connectivity index (χ0n) is 17.5. The van der Waals surface area contributed by atoms with Crippen LogP contribution >= 0.6 is 11.8 Å². The Morgan fingerprint density at radius 2 is 1.87 bits per heavy atom. The van der Waals surface area contributed by atoms with Gasteiger partial charge >= 0.3 is 6.09 Å². The van der Waals surface area contributed by atoms with Crippen molar-refractivity contribution in [2.45, 2.75) is 49.9 Å². The number of aromatic amines is 1. The van der Waals surface area contributed by atoms with Gasteiger partial charge in [-0.15, -0.1) is 0 Å². The van der Waals surface area contributed by atoms with Crippen LogP contribution in [-0.4, -0.2) is 56.1 Å². The van der Waals surface area contributed by atoms with Crippen LogP contribution in [0.15, 0.2) is 35.9 Å². The van der Waals surface area contributed by atoms with E-state index in [0.717, 1.165) is 22.9 Å². The lowest BCUT2D eigenvalue weighted by Crippen LogP contribution is -2.46. The number of pyridine rings is 1. The highest BCUT2D eigenvalue weighted by Crippen LogP contribution is 2.34. The Hall–Kier alpha value is -2.88. The van der Waals surface area contributed by atoms with Crippen molar-refractivity contribution in [1.82, 2.24) is 19.9 Å². The standard InChI is InChI=1S/C21H25N5O4S/c1-21(2)11-17(27)26(18(28)12-21)14-3-4-16(24-13-14)30-20(29)25-9-5-15(6-10-25)31-19-22-7-8-23-19/h3-4,7-8,13,15H,5-6,9-12H2,1-2H3,(H,22,23). The Bertz CT molecular complexity index is 933. The molecule has 31 heavy (non-hydrogen) atoms. The Labute approximate surface area is 184 Å². The number of amides is 3. The highest BCUT2D eigenvalue weighted by atomic mass is 32.2. The fourth-order valence-electron chi connectivity index (χ4n) is 3.81. The summed E-state index contributed by atoms with van der Waals surface area (Å²) in [4.78, 5) is 51.5. The first-order chi connectivity index (χ1) is 14.8. The number of thioether (sulfide) groups is 1. The van der Waals surface area contributed by atoms with Crippen molar-refractivity contribution < 1.29 is 19.1 Å². The third kappa shape index (κ3) is 5.07. The third-order valence-electron chi connectivity index (χ3n) is 5.38. The summed E-state index contributed by atoms with van der Waals surface area (Å²) in [6.07, 6.45) is 6.75. The first-order valence-corrected chi connectivity index (χ1v) is 11.1. The molecule has 2 fully saturated rings. The average Bonchev–Trinajstić information content (AvgIpc) is 3.21. The molecule has 2 aliphatic heterocycles. The molecule has 10 heteroatoms. The van der Waals surface area contributed by atoms with Gasteiger partial charge in [-0.3, -0.25) is 9.59 Å². The molecule has 2 saturated heterocycles. The highest BCUT2D eigenvalue weighted by Gasteiger charge is 2.38. The lowest BCUT2D eigenvalue weighted by atomic mass is 9.81. The molecule has 4 rings (SSSR count). The van der Waals surface area contributed by atoms with E-state index in [1.54, 1.807) is 35.1 Å². The molecule has 0 atom stereocenters. The molecule has 164 valence electrons. The number of likely N-dealkylation sites (tertiary alicyclic amines) is 1. The first kappa shape index (κ1) is 21.4. The summed E-state index contributed by atoms with van der Waals surface area (Å²) in [7, 11) is 0. The monoisotopic (exact) mass is 443 g/mol. The molecule has 0 bridgehead atoms. The summed E-state index contributed by atoms with van der Waals surface area (Å²) in [6, 6.07) is 3.09. The van der Waals surface area contributed by atoms with Crippen molar-refractivity contribution in [3.8, 4) is 5.88 Å². The molecular formula is C21H25N5O4S. The van der Waals surface area contributed by atoms with E-state index in [1.807, 2.05) is 13.8 Å². The molecule has 0 aromatic carbocycles. The van der Waals surface area contributed by atoms with Crippen LogP contribution in [0.1, 0.15) is 39.5 Å². The Morgan fingerprint density at radius 3 is 2.45 bits per heavy atom. The van der Waals surface area contributed by atoms with Crippen LogP contribution in [0, 0.1) is 5.41 Å². The number of ether oxygens (including phenoxy) is 1. The lowest BCUT2D eigenvalue weighted by molar-refractivity contribution is -0.132. The van der Waals surface area contributed by atoms with Crippen LogP contribution < -0.4 is 9.64 Å². The van der Waals surface area contributed by atoms with Crippen LogP contribution in [0.25, 0.3) is 0 Å². The van der Waals surface area contributed by atoms with E-state index in [-0.39, 0.29) is 23.1 Å². The van der Waals surface area contributed by atoms with Gasteiger partial charge in [0.15, 0.2) is 5.16 Å². The van der Waals surface area contributed by atoms with Gasteiger partial charge in [-0.05, 0) is 24.3 Å². The summed E-state index contributed by atoms with van der Waals surface area (Å²) >= 11 is 1.69. The number of carbonyl (C=O) groups is 3. The summed E-state index contributed by atoms with van der Waals surface area (Å²) in [5.41, 5.74) is 0.0540. The number of imidazole rings is 1. The second kappa shape index (κ2) is 8.70. The average molecular weight is 444 g/mol. The van der Waals surface area contributed by atoms with E-state index < -0.39 is 6.09 Å². The largest absolute Gasteiger partial charge is 0.416 e. The molecular weight excluding hydrogens is 418 g/mol. The van der Waals surface area contributed by atoms with Crippen molar-refractivity contribution in [2.24, 2.45) is 5.41 Å². The number of rotatable bonds is 4. The summed E-state index contributed by atoms with van der Waals surface area (Å²) < 4.78 is 5.39. The van der Waals surface area contributed by atoms with Crippen LogP contribution in [0.5, 0.6) is 5.88 Å². The van der Waals surface area contributed by atoms with E-state index in [9.17, 15) is 14.4 Å². The van der Waals surface area contributed by atoms with E-state index in [2.05, 4.69) is 15.0 Å². The quantitative estimate of drug-likeness (QED) is 0.723. The van der Waals surface area contributed by atoms with Gasteiger partial charge in [-0.1, -0.05) is 25.6 Å². The van der Waals surface area contributed by atoms with Gasteiger partial charge in [0.05, 0.1) is 11.9 Å². The fraction of sp³-hybridized carbons (Fsp3) is 0.476. The van der Waals surface area contributed by atoms with Gasteiger partial charge in [-0.25, -0.2) is 19.7 Å². The number of hydrogen-bond acceptors (Lipinski definition) is 7. The van der Waals surface area contributed by atoms with Crippen molar-refractivity contribution in [1.29, 1.82) is 0 Å². The van der Waals surface area contributed by atoms with E-state index in [0.29, 0.717) is 36.9 Å². The number of H-pyrrole nitrogens is 1. The van der Waals surface area contributed by atoms with Crippen LogP contribution in [0.4, 0.5) is 10.5 Å². The molecule has 1 N–H and O–H groups in total. The number of nitrogens with zero attached hydrogens (tertiary/aromatic N) is 4. The topological polar surface area (TPSA) is 108 Å². The minimum Gasteiger partial charge on any atom is -0.391 e.